The number of hydrogen-bond acceptors (Lipinski definition) is 3. The molecule has 0 bridgehead atoms. The van der Waals surface area contributed by atoms with E-state index in [-0.39, 0.29) is 0 Å². The van der Waals surface area contributed by atoms with Crippen LogP contribution in [0.15, 0.2) is 16.5 Å². The van der Waals surface area contributed by atoms with E-state index in [1.54, 1.807) is 0 Å². The topological polar surface area (TPSA) is 79.5 Å². The van der Waals surface area contributed by atoms with E-state index in [2.05, 4.69) is 4.42 Å². The van der Waals surface area contributed by atoms with Crippen LogP contribution in [0.4, 0.5) is 13.2 Å². The first-order valence-electron chi connectivity index (χ1n) is 3.97. The molecule has 0 spiro atoms. The molecule has 1 rings (SSSR count). The van der Waals surface area contributed by atoms with Crippen molar-refractivity contribution < 1.29 is 32.3 Å². The van der Waals surface area contributed by atoms with Gasteiger partial charge >= 0.3 is 12.1 Å². The van der Waals surface area contributed by atoms with Crippen LogP contribution in [0.2, 0.25) is 0 Å². The van der Waals surface area contributed by atoms with Gasteiger partial charge in [-0.1, -0.05) is 0 Å². The summed E-state index contributed by atoms with van der Waals surface area (Å²) in [6.07, 6.45) is -4.68. The lowest BCUT2D eigenvalue weighted by Gasteiger charge is -2.01. The van der Waals surface area contributed by atoms with Crippen molar-refractivity contribution in [2.24, 2.45) is 0 Å². The second kappa shape index (κ2) is 4.25. The number of carboxylic acids is 1. The Hall–Kier alpha value is -1.99. The Bertz CT molecular complexity index is 410. The van der Waals surface area contributed by atoms with Crippen molar-refractivity contribution in [1.29, 1.82) is 0 Å². The van der Waals surface area contributed by atoms with Gasteiger partial charge in [0.15, 0.2) is 5.76 Å². The highest BCUT2D eigenvalue weighted by atomic mass is 19.4. The lowest BCUT2D eigenvalue weighted by molar-refractivity contribution is -0.153. The van der Waals surface area contributed by atoms with Crippen molar-refractivity contribution in [3.8, 4) is 0 Å². The zero-order valence-corrected chi connectivity index (χ0v) is 7.67. The number of halogens is 3. The standard InChI is InChI=1S/C8H6F3NO4/c9-8(10,11)5-2-1-4(16-5)7(15)12-3-6(13)14/h1-2H,3H2,(H,12,15)(H,13,14). The van der Waals surface area contributed by atoms with E-state index in [1.165, 1.54) is 0 Å². The maximum atomic E-state index is 12.1. The third kappa shape index (κ3) is 3.01. The minimum Gasteiger partial charge on any atom is -0.480 e. The molecule has 0 aliphatic rings. The number of hydrogen-bond donors (Lipinski definition) is 2. The average molecular weight is 237 g/mol. The number of aliphatic carboxylic acids is 1. The number of carboxylic acid groups (broad SMARTS) is 1. The Labute approximate surface area is 86.8 Å². The van der Waals surface area contributed by atoms with Gasteiger partial charge in [-0.2, -0.15) is 13.2 Å². The second-order valence-electron chi connectivity index (χ2n) is 2.74. The van der Waals surface area contributed by atoms with Gasteiger partial charge in [0.25, 0.3) is 5.91 Å². The van der Waals surface area contributed by atoms with Gasteiger partial charge < -0.3 is 14.8 Å². The van der Waals surface area contributed by atoms with Gasteiger partial charge in [0.1, 0.15) is 6.54 Å². The van der Waals surface area contributed by atoms with E-state index in [1.807, 2.05) is 5.32 Å². The maximum Gasteiger partial charge on any atom is 0.449 e. The van der Waals surface area contributed by atoms with Crippen LogP contribution in [-0.4, -0.2) is 23.5 Å². The molecule has 1 aromatic rings. The zero-order chi connectivity index (χ0) is 12.3. The number of furan rings is 1. The van der Waals surface area contributed by atoms with Crippen LogP contribution in [0.3, 0.4) is 0 Å². The highest BCUT2D eigenvalue weighted by Gasteiger charge is 2.35. The van der Waals surface area contributed by atoms with Gasteiger partial charge in [-0.25, -0.2) is 0 Å². The van der Waals surface area contributed by atoms with Crippen LogP contribution in [0.5, 0.6) is 0 Å². The molecule has 2 N–H and O–H groups in total. The molecule has 0 fully saturated rings. The smallest absolute Gasteiger partial charge is 0.449 e. The maximum absolute atomic E-state index is 12.1. The van der Waals surface area contributed by atoms with Gasteiger partial charge in [0.05, 0.1) is 0 Å². The Kier molecular flexibility index (Phi) is 3.21. The van der Waals surface area contributed by atoms with E-state index in [0.29, 0.717) is 6.07 Å². The fourth-order valence-electron chi connectivity index (χ4n) is 0.855. The molecular formula is C8H6F3NO4. The molecule has 1 amide bonds. The van der Waals surface area contributed by atoms with Gasteiger partial charge in [0.2, 0.25) is 5.76 Å². The predicted molar refractivity (Wildman–Crippen MR) is 43.7 cm³/mol. The highest BCUT2D eigenvalue weighted by Crippen LogP contribution is 2.30. The number of nitrogens with one attached hydrogen (secondary N) is 1. The van der Waals surface area contributed by atoms with Crippen LogP contribution in [0.25, 0.3) is 0 Å². The van der Waals surface area contributed by atoms with Crippen molar-refractivity contribution in [3.63, 3.8) is 0 Å². The van der Waals surface area contributed by atoms with Crippen LogP contribution >= 0.6 is 0 Å². The van der Waals surface area contributed by atoms with Crippen LogP contribution in [0, 0.1) is 0 Å². The minimum atomic E-state index is -4.68. The first-order chi connectivity index (χ1) is 7.30. The average Bonchev–Trinajstić information content (AvgIpc) is 2.61. The number of carbonyl (C=O) groups is 2. The summed E-state index contributed by atoms with van der Waals surface area (Å²) in [5.74, 6) is -4.23. The van der Waals surface area contributed by atoms with Gasteiger partial charge in [-0.05, 0) is 12.1 Å². The quantitative estimate of drug-likeness (QED) is 0.825. The summed E-state index contributed by atoms with van der Waals surface area (Å²) in [6.45, 7) is -0.694. The Morgan fingerprint density at radius 3 is 2.44 bits per heavy atom. The van der Waals surface area contributed by atoms with Crippen LogP contribution in [0.1, 0.15) is 16.3 Å². The molecule has 0 aromatic carbocycles. The van der Waals surface area contributed by atoms with E-state index in [4.69, 9.17) is 5.11 Å². The molecule has 0 unspecified atom stereocenters. The van der Waals surface area contributed by atoms with Crippen molar-refractivity contribution in [3.05, 3.63) is 23.7 Å². The molecule has 0 radical (unpaired) electrons. The molecular weight excluding hydrogens is 231 g/mol. The normalized spacial score (nSPS) is 11.2. The molecule has 88 valence electrons. The second-order valence-corrected chi connectivity index (χ2v) is 2.74. The van der Waals surface area contributed by atoms with Crippen LogP contribution < -0.4 is 5.32 Å². The number of alkyl halides is 3. The van der Waals surface area contributed by atoms with Crippen molar-refractivity contribution >= 4 is 11.9 Å². The monoisotopic (exact) mass is 237 g/mol. The predicted octanol–water partition coefficient (Wildman–Crippen LogP) is 1.11. The summed E-state index contributed by atoms with van der Waals surface area (Å²) in [5, 5.41) is 10.1. The van der Waals surface area contributed by atoms with E-state index in [9.17, 15) is 22.8 Å². The van der Waals surface area contributed by atoms with Crippen molar-refractivity contribution in [1.82, 2.24) is 5.32 Å². The fraction of sp³-hybridized carbons (Fsp3) is 0.250. The Balaban J connectivity index is 2.71. The van der Waals surface area contributed by atoms with Crippen molar-refractivity contribution in [2.75, 3.05) is 6.54 Å². The molecule has 0 atom stereocenters. The SMILES string of the molecule is O=C(O)CNC(=O)c1ccc(C(F)(F)F)o1. The number of amides is 1. The van der Waals surface area contributed by atoms with Crippen molar-refractivity contribution in [2.45, 2.75) is 6.18 Å². The van der Waals surface area contributed by atoms with Gasteiger partial charge in [0, 0.05) is 0 Å². The third-order valence-corrected chi connectivity index (χ3v) is 1.51. The minimum absolute atomic E-state index is 0.589. The van der Waals surface area contributed by atoms with Gasteiger partial charge in [-0.15, -0.1) is 0 Å². The molecule has 16 heavy (non-hydrogen) atoms. The van der Waals surface area contributed by atoms with E-state index >= 15 is 0 Å². The molecule has 0 saturated carbocycles. The Morgan fingerprint density at radius 2 is 2.00 bits per heavy atom. The first-order valence-corrected chi connectivity index (χ1v) is 3.97. The molecule has 0 saturated heterocycles. The fourth-order valence-corrected chi connectivity index (χ4v) is 0.855. The largest absolute Gasteiger partial charge is 0.480 e. The summed E-state index contributed by atoms with van der Waals surface area (Å²) >= 11 is 0. The first kappa shape index (κ1) is 12.1. The summed E-state index contributed by atoms with van der Waals surface area (Å²) in [7, 11) is 0. The third-order valence-electron chi connectivity index (χ3n) is 1.51. The number of rotatable bonds is 3. The molecule has 0 aliphatic carbocycles. The molecule has 1 aromatic heterocycles. The molecule has 5 nitrogen and oxygen atoms in total. The van der Waals surface area contributed by atoms with E-state index in [0.717, 1.165) is 6.07 Å². The Morgan fingerprint density at radius 1 is 1.38 bits per heavy atom. The zero-order valence-electron chi connectivity index (χ0n) is 7.67. The summed E-state index contributed by atoms with van der Waals surface area (Å²) < 4.78 is 40.4. The number of carbonyl (C=O) groups excluding carboxylic acids is 1. The molecule has 0 aliphatic heterocycles. The molecule has 8 heteroatoms. The van der Waals surface area contributed by atoms with Crippen LogP contribution in [-0.2, 0) is 11.0 Å². The lowest BCUT2D eigenvalue weighted by Crippen LogP contribution is -2.28. The summed E-state index contributed by atoms with van der Waals surface area (Å²) in [6, 6.07) is 1.41. The lowest BCUT2D eigenvalue weighted by atomic mass is 10.4. The summed E-state index contributed by atoms with van der Waals surface area (Å²) in [4.78, 5) is 21.1. The highest BCUT2D eigenvalue weighted by molar-refractivity contribution is 5.93. The molecule has 1 heterocycles. The summed E-state index contributed by atoms with van der Waals surface area (Å²) in [5.41, 5.74) is 0. The van der Waals surface area contributed by atoms with Gasteiger partial charge in [-0.3, -0.25) is 9.59 Å². The van der Waals surface area contributed by atoms with E-state index < -0.39 is 36.1 Å².